The highest BCUT2D eigenvalue weighted by Crippen LogP contribution is 2.43. The second-order valence-corrected chi connectivity index (χ2v) is 11.3. The van der Waals surface area contributed by atoms with Gasteiger partial charge < -0.3 is 0 Å². The van der Waals surface area contributed by atoms with E-state index in [0.717, 1.165) is 35.5 Å². The van der Waals surface area contributed by atoms with Crippen LogP contribution in [-0.2, 0) is 0 Å². The van der Waals surface area contributed by atoms with Gasteiger partial charge in [0.15, 0.2) is 0 Å². The zero-order chi connectivity index (χ0) is 21.0. The molecule has 0 nitrogen and oxygen atoms in total. The van der Waals surface area contributed by atoms with Crippen LogP contribution >= 0.6 is 0 Å². The molecule has 0 amide bonds. The Morgan fingerprint density at radius 3 is 1.77 bits per heavy atom. The minimum absolute atomic E-state index is 0.797. The smallest absolute Gasteiger partial charge is 0.0233 e. The summed E-state index contributed by atoms with van der Waals surface area (Å²) < 4.78 is 0. The van der Waals surface area contributed by atoms with Gasteiger partial charge in [-0.1, -0.05) is 82.9 Å². The van der Waals surface area contributed by atoms with Crippen LogP contribution in [-0.4, -0.2) is 0 Å². The summed E-state index contributed by atoms with van der Waals surface area (Å²) >= 11 is 0. The molecule has 0 heterocycles. The maximum Gasteiger partial charge on any atom is -0.0233 e. The van der Waals surface area contributed by atoms with Gasteiger partial charge in [0.1, 0.15) is 0 Å². The molecule has 0 radical (unpaired) electrons. The van der Waals surface area contributed by atoms with Crippen molar-refractivity contribution in [1.82, 2.24) is 0 Å². The van der Waals surface area contributed by atoms with E-state index in [1.807, 2.05) is 0 Å². The zero-order valence-electron chi connectivity index (χ0n) is 20.3. The number of hydrogen-bond acceptors (Lipinski definition) is 0. The Bertz CT molecular complexity index is 464. The standard InChI is InChI=1S/C30H52/c1-3-5-6-7-10-27-17-21-29(22-18-27)30-23-19-28(20-24-30)12-9-8-11-26-15-13-25(4-2)14-16-26/h4,8,11,25-30H,2-3,5-7,9-10,12-24H2,1H3/b11-8+. The van der Waals surface area contributed by atoms with Crippen molar-refractivity contribution in [1.29, 1.82) is 0 Å². The molecule has 0 heteroatoms. The molecule has 172 valence electrons. The molecule has 0 aromatic heterocycles. The molecule has 0 bridgehead atoms. The second kappa shape index (κ2) is 13.8. The molecule has 0 aliphatic heterocycles. The van der Waals surface area contributed by atoms with Crippen LogP contribution in [0.3, 0.4) is 0 Å². The van der Waals surface area contributed by atoms with Crippen LogP contribution in [0.2, 0.25) is 0 Å². The first kappa shape index (κ1) is 24.1. The minimum Gasteiger partial charge on any atom is -0.103 e. The highest BCUT2D eigenvalue weighted by Gasteiger charge is 2.30. The number of hydrogen-bond donors (Lipinski definition) is 0. The Morgan fingerprint density at radius 2 is 1.20 bits per heavy atom. The Labute approximate surface area is 189 Å². The maximum atomic E-state index is 3.97. The highest BCUT2D eigenvalue weighted by atomic mass is 14.4. The van der Waals surface area contributed by atoms with Crippen LogP contribution < -0.4 is 0 Å². The Kier molecular flexibility index (Phi) is 11.1. The molecule has 3 saturated carbocycles. The maximum absolute atomic E-state index is 3.97. The Hall–Kier alpha value is -0.520. The van der Waals surface area contributed by atoms with Crippen molar-refractivity contribution in [2.45, 2.75) is 129 Å². The van der Waals surface area contributed by atoms with E-state index in [0.29, 0.717) is 0 Å². The third kappa shape index (κ3) is 8.20. The van der Waals surface area contributed by atoms with Gasteiger partial charge in [0.25, 0.3) is 0 Å². The van der Waals surface area contributed by atoms with Crippen molar-refractivity contribution < 1.29 is 0 Å². The predicted molar refractivity (Wildman–Crippen MR) is 134 cm³/mol. The molecular formula is C30H52. The molecule has 3 fully saturated rings. The predicted octanol–water partition coefficient (Wildman–Crippen LogP) is 9.90. The first-order valence-electron chi connectivity index (χ1n) is 14.1. The molecule has 0 saturated heterocycles. The molecular weight excluding hydrogens is 360 g/mol. The third-order valence-electron chi connectivity index (χ3n) is 9.22. The van der Waals surface area contributed by atoms with Crippen LogP contribution in [0.15, 0.2) is 24.8 Å². The van der Waals surface area contributed by atoms with Crippen molar-refractivity contribution in [3.63, 3.8) is 0 Å². The van der Waals surface area contributed by atoms with Gasteiger partial charge in [-0.15, -0.1) is 6.58 Å². The monoisotopic (exact) mass is 412 g/mol. The topological polar surface area (TPSA) is 0 Å². The normalized spacial score (nSPS) is 35.5. The van der Waals surface area contributed by atoms with E-state index in [1.54, 1.807) is 38.5 Å². The van der Waals surface area contributed by atoms with Crippen molar-refractivity contribution in [2.24, 2.45) is 35.5 Å². The van der Waals surface area contributed by atoms with E-state index in [4.69, 9.17) is 0 Å². The quantitative estimate of drug-likeness (QED) is 0.234. The summed E-state index contributed by atoms with van der Waals surface area (Å²) in [6.07, 6.45) is 35.3. The third-order valence-corrected chi connectivity index (χ3v) is 9.22. The number of rotatable bonds is 11. The molecule has 0 atom stereocenters. The lowest BCUT2D eigenvalue weighted by molar-refractivity contribution is 0.140. The molecule has 0 aromatic rings. The van der Waals surface area contributed by atoms with Gasteiger partial charge in [0.2, 0.25) is 0 Å². The molecule has 0 N–H and O–H groups in total. The van der Waals surface area contributed by atoms with Crippen LogP contribution in [0.5, 0.6) is 0 Å². The molecule has 3 rings (SSSR count). The lowest BCUT2D eigenvalue weighted by Crippen LogP contribution is -2.25. The molecule has 3 aliphatic carbocycles. The molecule has 0 unspecified atom stereocenters. The van der Waals surface area contributed by atoms with Crippen LogP contribution in [0.25, 0.3) is 0 Å². The fraction of sp³-hybridized carbons (Fsp3) is 0.867. The summed E-state index contributed by atoms with van der Waals surface area (Å²) in [6, 6.07) is 0. The average molecular weight is 413 g/mol. The summed E-state index contributed by atoms with van der Waals surface area (Å²) in [5.74, 6) is 5.93. The van der Waals surface area contributed by atoms with Gasteiger partial charge in [-0.05, 0) is 99.7 Å². The van der Waals surface area contributed by atoms with Gasteiger partial charge in [0.05, 0.1) is 0 Å². The van der Waals surface area contributed by atoms with E-state index in [9.17, 15) is 0 Å². The van der Waals surface area contributed by atoms with Crippen molar-refractivity contribution >= 4 is 0 Å². The van der Waals surface area contributed by atoms with Gasteiger partial charge in [-0.3, -0.25) is 0 Å². The van der Waals surface area contributed by atoms with Crippen LogP contribution in [0, 0.1) is 35.5 Å². The summed E-state index contributed by atoms with van der Waals surface area (Å²) in [6.45, 7) is 6.30. The zero-order valence-corrected chi connectivity index (χ0v) is 20.3. The van der Waals surface area contributed by atoms with Crippen molar-refractivity contribution in [3.05, 3.63) is 24.8 Å². The fourth-order valence-corrected chi connectivity index (χ4v) is 6.95. The number of allylic oxidation sites excluding steroid dienone is 3. The molecule has 0 spiro atoms. The average Bonchev–Trinajstić information content (AvgIpc) is 2.81. The SMILES string of the molecule is C=CC1CCC(/C=C/CCC2CCC(C3CCC(CCCCCC)CC3)CC2)CC1. The van der Waals surface area contributed by atoms with Gasteiger partial charge in [-0.25, -0.2) is 0 Å². The first-order chi connectivity index (χ1) is 14.8. The van der Waals surface area contributed by atoms with Crippen molar-refractivity contribution in [3.8, 4) is 0 Å². The Morgan fingerprint density at radius 1 is 0.633 bits per heavy atom. The summed E-state index contributed by atoms with van der Waals surface area (Å²) in [5, 5.41) is 0. The van der Waals surface area contributed by atoms with Gasteiger partial charge in [0, 0.05) is 0 Å². The summed E-state index contributed by atoms with van der Waals surface area (Å²) in [7, 11) is 0. The molecule has 30 heavy (non-hydrogen) atoms. The van der Waals surface area contributed by atoms with Gasteiger partial charge >= 0.3 is 0 Å². The van der Waals surface area contributed by atoms with E-state index in [1.165, 1.54) is 83.5 Å². The Balaban J connectivity index is 1.23. The molecule has 3 aliphatic rings. The van der Waals surface area contributed by atoms with Gasteiger partial charge in [-0.2, -0.15) is 0 Å². The number of unbranched alkanes of at least 4 members (excludes halogenated alkanes) is 3. The van der Waals surface area contributed by atoms with E-state index >= 15 is 0 Å². The lowest BCUT2D eigenvalue weighted by atomic mass is 9.68. The second-order valence-electron chi connectivity index (χ2n) is 11.3. The summed E-state index contributed by atoms with van der Waals surface area (Å²) in [5.41, 5.74) is 0. The van der Waals surface area contributed by atoms with Crippen molar-refractivity contribution in [2.75, 3.05) is 0 Å². The van der Waals surface area contributed by atoms with Crippen LogP contribution in [0.1, 0.15) is 129 Å². The summed E-state index contributed by atoms with van der Waals surface area (Å²) in [4.78, 5) is 0. The first-order valence-corrected chi connectivity index (χ1v) is 14.1. The van der Waals surface area contributed by atoms with E-state index < -0.39 is 0 Å². The van der Waals surface area contributed by atoms with E-state index in [2.05, 4.69) is 31.7 Å². The molecule has 0 aromatic carbocycles. The highest BCUT2D eigenvalue weighted by molar-refractivity contribution is 4.94. The van der Waals surface area contributed by atoms with E-state index in [-0.39, 0.29) is 0 Å². The van der Waals surface area contributed by atoms with Crippen LogP contribution in [0.4, 0.5) is 0 Å². The largest absolute Gasteiger partial charge is 0.103 e. The fourth-order valence-electron chi connectivity index (χ4n) is 6.95. The lowest BCUT2D eigenvalue weighted by Gasteiger charge is -2.38. The minimum atomic E-state index is 0.797.